The Bertz CT molecular complexity index is 4080. The van der Waals surface area contributed by atoms with Gasteiger partial charge in [-0.05, 0) is 136 Å². The van der Waals surface area contributed by atoms with Crippen LogP contribution in [0.5, 0.6) is 11.8 Å². The Hall–Kier alpha value is -7.88. The Morgan fingerprint density at radius 2 is 1.50 bits per heavy atom. The highest BCUT2D eigenvalue weighted by molar-refractivity contribution is 6.90. The molecule has 6 aromatic rings. The molecule has 5 aliphatic rings. The maximum atomic E-state index is 18.4. The normalized spacial score (nSPS) is 20.7. The summed E-state index contributed by atoms with van der Waals surface area (Å²) in [4.78, 5) is 78.5. The number of amides is 4. The quantitative estimate of drug-likeness (QED) is 0.0328. The van der Waals surface area contributed by atoms with E-state index in [1.54, 1.807) is 54.7 Å². The van der Waals surface area contributed by atoms with Crippen LogP contribution >= 0.6 is 0 Å². The minimum absolute atomic E-state index is 0.0207. The molecule has 2 unspecified atom stereocenters. The van der Waals surface area contributed by atoms with Crippen LogP contribution in [0.3, 0.4) is 0 Å². The number of nitrogens with one attached hydrogen (secondary N) is 2. The van der Waals surface area contributed by atoms with Crippen molar-refractivity contribution in [3.63, 3.8) is 0 Å². The monoisotopic (exact) mass is 1410 g/mol. The van der Waals surface area contributed by atoms with E-state index >= 15 is 8.78 Å². The minimum Gasteiger partial charge on any atom is -0.468 e. The van der Waals surface area contributed by atoms with Crippen LogP contribution < -0.4 is 25.0 Å². The van der Waals surface area contributed by atoms with Crippen molar-refractivity contribution in [3.8, 4) is 45.6 Å². The largest absolute Gasteiger partial charge is 0.468 e. The van der Waals surface area contributed by atoms with E-state index in [1.807, 2.05) is 65.5 Å². The lowest BCUT2D eigenvalue weighted by molar-refractivity contribution is -0.145. The Labute approximate surface area is 593 Å². The molecule has 3 N–H and O–H groups in total. The van der Waals surface area contributed by atoms with Crippen LogP contribution in [0.1, 0.15) is 152 Å². The molecule has 4 aliphatic heterocycles. The van der Waals surface area contributed by atoms with Gasteiger partial charge in [-0.3, -0.25) is 24.3 Å². The number of halogens is 3. The van der Waals surface area contributed by atoms with Crippen LogP contribution in [-0.2, 0) is 28.6 Å². The van der Waals surface area contributed by atoms with Crippen LogP contribution in [0.4, 0.5) is 23.8 Å². The van der Waals surface area contributed by atoms with Gasteiger partial charge in [-0.15, -0.1) is 5.54 Å². The Morgan fingerprint density at radius 3 is 2.14 bits per heavy atom. The van der Waals surface area contributed by atoms with Gasteiger partial charge in [0.1, 0.15) is 66.8 Å². The molecule has 101 heavy (non-hydrogen) atoms. The summed E-state index contributed by atoms with van der Waals surface area (Å²) in [5.41, 5.74) is 4.84. The van der Waals surface area contributed by atoms with Crippen molar-refractivity contribution >= 4 is 59.4 Å². The number of piperazine rings is 1. The van der Waals surface area contributed by atoms with E-state index in [-0.39, 0.29) is 113 Å². The van der Waals surface area contributed by atoms with Crippen molar-refractivity contribution in [2.45, 2.75) is 200 Å². The van der Waals surface area contributed by atoms with Gasteiger partial charge in [0.25, 0.3) is 0 Å². The van der Waals surface area contributed by atoms with Gasteiger partial charge in [-0.1, -0.05) is 117 Å². The number of carbonyl (C=O) groups excluding carboxylic acids is 4. The molecular weight excluding hydrogens is 1310 g/mol. The number of aliphatic hydroxyl groups excluding tert-OH is 1. The fourth-order valence-corrected chi connectivity index (χ4v) is 21.0. The molecule has 1 saturated carbocycles. The number of piperidine rings is 1. The molecule has 542 valence electrons. The summed E-state index contributed by atoms with van der Waals surface area (Å²) in [5, 5.41) is 18.1. The zero-order valence-electron chi connectivity index (χ0n) is 61.0. The number of hydrogen-bond acceptors (Lipinski definition) is 15. The van der Waals surface area contributed by atoms with E-state index in [2.05, 4.69) is 73.4 Å². The first-order valence-electron chi connectivity index (χ1n) is 35.8. The Balaban J connectivity index is 0.805. The number of carbonyl (C=O) groups is 4. The number of hydrogen-bond donors (Lipinski definition) is 3. The van der Waals surface area contributed by atoms with Crippen molar-refractivity contribution < 1.29 is 61.1 Å². The topological polar surface area (TPSA) is 210 Å². The zero-order chi connectivity index (χ0) is 72.6. The molecule has 6 heterocycles. The average molecular weight is 1410 g/mol. The fourth-order valence-electron chi connectivity index (χ4n) is 15.8. The molecule has 2 bridgehead atoms. The number of ether oxygens (including phenoxy) is 5. The summed E-state index contributed by atoms with van der Waals surface area (Å²) < 4.78 is 79.8. The van der Waals surface area contributed by atoms with Crippen LogP contribution in [-0.4, -0.2) is 175 Å². The number of fused-ring (bicyclic) bond motifs is 4. The lowest BCUT2D eigenvalue weighted by atomic mass is 9.85. The first-order valence-corrected chi connectivity index (χ1v) is 38.0. The molecule has 5 fully saturated rings. The maximum absolute atomic E-state index is 18.4. The molecule has 4 amide bonds. The lowest BCUT2D eigenvalue weighted by Crippen LogP contribution is -2.58. The van der Waals surface area contributed by atoms with Gasteiger partial charge >= 0.3 is 12.1 Å². The van der Waals surface area contributed by atoms with Crippen molar-refractivity contribution in [1.29, 1.82) is 0 Å². The van der Waals surface area contributed by atoms with Crippen LogP contribution in [0.15, 0.2) is 79.0 Å². The molecule has 0 spiro atoms. The van der Waals surface area contributed by atoms with Gasteiger partial charge < -0.3 is 54.1 Å². The van der Waals surface area contributed by atoms with E-state index in [4.69, 9.17) is 38.6 Å². The van der Waals surface area contributed by atoms with E-state index in [1.165, 1.54) is 24.1 Å². The van der Waals surface area contributed by atoms with Crippen molar-refractivity contribution in [2.75, 3.05) is 71.3 Å². The summed E-state index contributed by atoms with van der Waals surface area (Å²) >= 11 is 0. The summed E-state index contributed by atoms with van der Waals surface area (Å²) in [6.07, 6.45) is 4.59. The van der Waals surface area contributed by atoms with E-state index in [9.17, 15) is 28.7 Å². The van der Waals surface area contributed by atoms with Crippen LogP contribution in [0, 0.1) is 39.7 Å². The number of pyridine rings is 1. The third kappa shape index (κ3) is 16.3. The number of β-amino-alcohol motifs (C(OH)–C–C–N with tert-alkyl or cyclic N) is 1. The first-order chi connectivity index (χ1) is 47.9. The molecule has 23 heteroatoms. The summed E-state index contributed by atoms with van der Waals surface area (Å²) in [6.45, 7) is 28.4. The average Bonchev–Trinajstić information content (AvgIpc) is 1.72. The second-order valence-corrected chi connectivity index (χ2v) is 37.2. The standard InChI is InChI=1S/C78H100F3N9O10Si/c1-46(2)101(47(3)4,48(5)6)33-29-59-63(80)28-25-52-34-57(99-45-96-14)36-60(66(52)59)68-67(81)69-61(37-82-68)71(88-38-53-26-27-54(39-88)90(53)75(95)100-77(11,12)13)86-74(85-69)98-44-78(30-31-78)43-87-32-17-18-56(41-87)97-42-65(92)84-70(76(8,9)10)73(94)89-40-55(91)35-64(89)72(93)83-49(7)50-21-23-51(24-22-50)58-19-15-16-20-62(58)79/h15-16,19-25,28,34,36-37,46-49,53-56,64,70,91H,17-18,26-27,30-32,35,38-45H2,1-14H3,(H,83,93)(H,84,92)/t49-,53?,54?,55+,56-,64-,70+/m0/s1. The highest BCUT2D eigenvalue weighted by Crippen LogP contribution is 2.48. The number of methoxy groups -OCH3 is 1. The van der Waals surface area contributed by atoms with E-state index in [0.29, 0.717) is 71.5 Å². The number of nitrogens with zero attached hydrogens (tertiary/aromatic N) is 7. The number of anilines is 1. The summed E-state index contributed by atoms with van der Waals surface area (Å²) in [7, 11) is -0.895. The van der Waals surface area contributed by atoms with Crippen molar-refractivity contribution in [3.05, 3.63) is 108 Å². The molecule has 4 aromatic carbocycles. The molecule has 11 rings (SSSR count). The van der Waals surface area contributed by atoms with E-state index < -0.39 is 72.7 Å². The van der Waals surface area contributed by atoms with Gasteiger partial charge in [0, 0.05) is 74.4 Å². The molecule has 19 nitrogen and oxygen atoms in total. The second kappa shape index (κ2) is 30.2. The van der Waals surface area contributed by atoms with Gasteiger partial charge in [0.15, 0.2) is 12.6 Å². The van der Waals surface area contributed by atoms with Crippen molar-refractivity contribution in [2.24, 2.45) is 10.8 Å². The molecule has 7 atom stereocenters. The summed E-state index contributed by atoms with van der Waals surface area (Å²) in [6, 6.07) is 17.2. The number of likely N-dealkylation sites (tertiary alicyclic amines) is 2. The maximum Gasteiger partial charge on any atom is 0.410 e. The van der Waals surface area contributed by atoms with Crippen LogP contribution in [0.2, 0.25) is 16.6 Å². The Morgan fingerprint density at radius 1 is 0.802 bits per heavy atom. The minimum atomic E-state index is -2.40. The zero-order valence-corrected chi connectivity index (χ0v) is 62.0. The second-order valence-electron chi connectivity index (χ2n) is 31.6. The molecule has 1 aliphatic carbocycles. The lowest BCUT2D eigenvalue weighted by Gasteiger charge is -2.42. The smallest absolute Gasteiger partial charge is 0.410 e. The van der Waals surface area contributed by atoms with Crippen molar-refractivity contribution in [1.82, 2.24) is 40.3 Å². The number of benzene rings is 4. The van der Waals surface area contributed by atoms with Gasteiger partial charge in [-0.25, -0.2) is 18.0 Å². The molecule has 4 saturated heterocycles. The first kappa shape index (κ1) is 74.3. The van der Waals surface area contributed by atoms with Gasteiger partial charge in [-0.2, -0.15) is 9.97 Å². The fraction of sp³-hybridized carbons (Fsp3) is 0.551. The predicted octanol–water partition coefficient (Wildman–Crippen LogP) is 13.1. The third-order valence-electron chi connectivity index (χ3n) is 21.1. The molecule has 0 radical (unpaired) electrons. The molecule has 2 aromatic heterocycles. The third-order valence-corrected chi connectivity index (χ3v) is 27.4. The number of aromatic nitrogens is 3. The van der Waals surface area contributed by atoms with E-state index in [0.717, 1.165) is 44.2 Å². The summed E-state index contributed by atoms with van der Waals surface area (Å²) in [5.74, 6) is 1.01. The van der Waals surface area contributed by atoms with Crippen LogP contribution in [0.25, 0.3) is 44.1 Å². The SMILES string of the molecule is COCOc1cc(-c2ncc3c(N4CC5CCC(C4)N5C(=O)OC(C)(C)C)nc(OCC4(CN5CCC[C@H](OCC(=O)N[C@H](C(=O)N6C[C@H](O)C[C@H]6C(=O)N[C@@H](C)c6ccc(-c7ccccc7F)cc6)C(C)(C)C)C5)CC4)nc3c2F)c2c(C#C[Si](C(C)C)(C(C)C)C(C)C)c(F)ccc2c1. The highest BCUT2D eigenvalue weighted by atomic mass is 28.3. The van der Waals surface area contributed by atoms with Gasteiger partial charge in [0.05, 0.1) is 47.9 Å². The van der Waals surface area contributed by atoms with Gasteiger partial charge in [0.2, 0.25) is 17.7 Å². The molecular formula is C78H100F3N9O10Si. The predicted molar refractivity (Wildman–Crippen MR) is 386 cm³/mol. The number of aliphatic hydroxyl groups is 1. The Kier molecular flexibility index (Phi) is 22.2. The highest BCUT2D eigenvalue weighted by Gasteiger charge is 2.49. The number of rotatable bonds is 22.